The molecule has 176 valence electrons. The minimum absolute atomic E-state index is 0.112. The number of allylic oxidation sites excluding steroid dienone is 2. The van der Waals surface area contributed by atoms with E-state index >= 15 is 4.39 Å². The van der Waals surface area contributed by atoms with E-state index in [1.807, 2.05) is 25.8 Å². The van der Waals surface area contributed by atoms with Crippen molar-refractivity contribution in [3.05, 3.63) is 35.2 Å². The number of nitrogens with zero attached hydrogens (tertiary/aromatic N) is 4. The molecule has 32 heavy (non-hydrogen) atoms. The Kier molecular flexibility index (Phi) is 6.73. The number of rotatable bonds is 7. The molecule has 0 aromatic carbocycles. The molecular weight excluding hydrogens is 418 g/mol. The van der Waals surface area contributed by atoms with Crippen molar-refractivity contribution in [2.45, 2.75) is 58.3 Å². The molecule has 0 saturated carbocycles. The molecule has 0 aliphatic carbocycles. The number of piperidine rings is 1. The predicted octanol–water partition coefficient (Wildman–Crippen LogP) is 3.61. The quantitative estimate of drug-likeness (QED) is 0.490. The van der Waals surface area contributed by atoms with E-state index in [1.54, 1.807) is 18.7 Å². The Morgan fingerprint density at radius 1 is 1.41 bits per heavy atom. The lowest BCUT2D eigenvalue weighted by Crippen LogP contribution is -2.54. The van der Waals surface area contributed by atoms with Gasteiger partial charge in [0.05, 0.1) is 36.3 Å². The summed E-state index contributed by atoms with van der Waals surface area (Å²) in [5.41, 5.74) is -1.05. The Hall–Kier alpha value is -2.75. The number of aromatic nitrogens is 2. The summed E-state index contributed by atoms with van der Waals surface area (Å²) in [6, 6.07) is 0. The highest BCUT2D eigenvalue weighted by molar-refractivity contribution is 5.87. The number of aromatic amines is 1. The van der Waals surface area contributed by atoms with Crippen molar-refractivity contribution >= 4 is 17.9 Å². The summed E-state index contributed by atoms with van der Waals surface area (Å²) in [5.74, 6) is -0.613. The van der Waals surface area contributed by atoms with Gasteiger partial charge in [0.25, 0.3) is 5.91 Å². The summed E-state index contributed by atoms with van der Waals surface area (Å²) in [6.07, 6.45) is 1.36. The summed E-state index contributed by atoms with van der Waals surface area (Å²) in [6.45, 7) is 12.3. The third kappa shape index (κ3) is 4.55. The third-order valence-corrected chi connectivity index (χ3v) is 6.17. The van der Waals surface area contributed by atoms with Crippen LogP contribution in [0.5, 0.6) is 0 Å². The third-order valence-electron chi connectivity index (χ3n) is 6.17. The Bertz CT molecular complexity index is 944. The van der Waals surface area contributed by atoms with Gasteiger partial charge in [0.1, 0.15) is 0 Å². The van der Waals surface area contributed by atoms with Gasteiger partial charge in [0, 0.05) is 31.5 Å². The maximum Gasteiger partial charge on any atom is 0.261 e. The number of anilines is 1. The number of fused-ring (bicyclic) bond motifs is 1. The highest BCUT2D eigenvalue weighted by atomic mass is 19.1. The van der Waals surface area contributed by atoms with E-state index in [9.17, 15) is 9.18 Å². The molecule has 10 heteroatoms. The van der Waals surface area contributed by atoms with Crippen molar-refractivity contribution < 1.29 is 18.3 Å². The molecule has 2 N–H and O–H groups in total. The van der Waals surface area contributed by atoms with E-state index in [4.69, 9.17) is 4.74 Å². The molecule has 3 rings (SSSR count). The molecule has 0 spiro atoms. The molecule has 0 unspecified atom stereocenters. The monoisotopic (exact) mass is 450 g/mol. The maximum atomic E-state index is 15.5. The number of likely N-dealkylation sites (tertiary alicyclic amines) is 1. The number of amides is 1. The molecule has 8 nitrogen and oxygen atoms in total. The molecule has 0 atom stereocenters. The minimum Gasteiger partial charge on any atom is -0.478 e. The number of hydrogen-bond donors (Lipinski definition) is 2. The van der Waals surface area contributed by atoms with E-state index in [0.717, 1.165) is 6.21 Å². The van der Waals surface area contributed by atoms with Gasteiger partial charge in [-0.1, -0.05) is 0 Å². The van der Waals surface area contributed by atoms with Gasteiger partial charge in [0.15, 0.2) is 17.3 Å². The molecule has 0 radical (unpaired) electrons. The lowest BCUT2D eigenvalue weighted by atomic mass is 9.90. The lowest BCUT2D eigenvalue weighted by molar-refractivity contribution is -0.153. The fourth-order valence-electron chi connectivity index (χ4n) is 4.04. The first-order valence-corrected chi connectivity index (χ1v) is 10.8. The Morgan fingerprint density at radius 2 is 2.06 bits per heavy atom. The van der Waals surface area contributed by atoms with Crippen LogP contribution in [-0.2, 0) is 21.6 Å². The fourth-order valence-corrected chi connectivity index (χ4v) is 4.04. The number of carbonyl (C=O) groups excluding carboxylic acids is 1. The van der Waals surface area contributed by atoms with Crippen LogP contribution in [0.25, 0.3) is 0 Å². The smallest absolute Gasteiger partial charge is 0.261 e. The van der Waals surface area contributed by atoms with Crippen molar-refractivity contribution in [1.82, 2.24) is 20.0 Å². The molecule has 1 aromatic rings. The van der Waals surface area contributed by atoms with Crippen LogP contribution in [-0.4, -0.2) is 64.5 Å². The molecule has 3 heterocycles. The first kappa shape index (κ1) is 23.9. The van der Waals surface area contributed by atoms with Crippen molar-refractivity contribution in [2.75, 3.05) is 32.1 Å². The van der Waals surface area contributed by atoms with Gasteiger partial charge in [0.2, 0.25) is 5.88 Å². The molecule has 1 fully saturated rings. The fraction of sp³-hybridized carbons (Fsp3) is 0.591. The van der Waals surface area contributed by atoms with Gasteiger partial charge in [-0.3, -0.25) is 9.89 Å². The number of aliphatic imine (C=N–C) groups is 1. The molecule has 1 saturated heterocycles. The van der Waals surface area contributed by atoms with Crippen LogP contribution in [0.4, 0.5) is 14.6 Å². The number of carbonyl (C=O) groups is 1. The summed E-state index contributed by atoms with van der Waals surface area (Å²) in [7, 11) is 1.92. The van der Waals surface area contributed by atoms with Crippen LogP contribution in [0, 0.1) is 0 Å². The van der Waals surface area contributed by atoms with Crippen LogP contribution in [0.1, 0.15) is 51.8 Å². The molecule has 1 aromatic heterocycles. The summed E-state index contributed by atoms with van der Waals surface area (Å²) < 4.78 is 35.0. The average molecular weight is 451 g/mol. The highest BCUT2D eigenvalue weighted by Crippen LogP contribution is 2.43. The predicted molar refractivity (Wildman–Crippen MR) is 119 cm³/mol. The topological polar surface area (TPSA) is 85.8 Å². The summed E-state index contributed by atoms with van der Waals surface area (Å²) in [4.78, 5) is 20.6. The number of hydrogen-bond acceptors (Lipinski definition) is 6. The van der Waals surface area contributed by atoms with Crippen LogP contribution in [0.3, 0.4) is 0 Å². The summed E-state index contributed by atoms with van der Waals surface area (Å²) in [5, 5.41) is 10.1. The Labute approximate surface area is 187 Å². The normalized spacial score (nSPS) is 20.8. The zero-order chi connectivity index (χ0) is 23.7. The van der Waals surface area contributed by atoms with Crippen LogP contribution >= 0.6 is 0 Å². The first-order chi connectivity index (χ1) is 15.0. The SMILES string of the molecule is C=C(/N=C\C(F)=C(/C)Nc1n[nH]c2c1CN(C(=O)C1(F)CCN(C)CC1)C2(C)C)OCC. The average Bonchev–Trinajstić information content (AvgIpc) is 3.26. The molecular formula is C22H32F2N6O2. The van der Waals surface area contributed by atoms with Gasteiger partial charge in [-0.2, -0.15) is 5.10 Å². The highest BCUT2D eigenvalue weighted by Gasteiger charge is 2.51. The zero-order valence-electron chi connectivity index (χ0n) is 19.4. The van der Waals surface area contributed by atoms with E-state index in [0.29, 0.717) is 36.8 Å². The number of nitrogens with one attached hydrogen (secondary N) is 2. The van der Waals surface area contributed by atoms with E-state index in [2.05, 4.69) is 27.1 Å². The minimum atomic E-state index is -1.88. The molecule has 1 amide bonds. The van der Waals surface area contributed by atoms with Crippen LogP contribution in [0.15, 0.2) is 29.0 Å². The van der Waals surface area contributed by atoms with E-state index < -0.39 is 22.9 Å². The first-order valence-electron chi connectivity index (χ1n) is 10.8. The van der Waals surface area contributed by atoms with Gasteiger partial charge in [-0.05, 0) is 41.3 Å². The van der Waals surface area contributed by atoms with Crippen molar-refractivity contribution in [1.29, 1.82) is 0 Å². The van der Waals surface area contributed by atoms with Crippen molar-refractivity contribution in [2.24, 2.45) is 4.99 Å². The Morgan fingerprint density at radius 3 is 2.69 bits per heavy atom. The molecule has 2 aliphatic rings. The second kappa shape index (κ2) is 9.01. The molecule has 0 bridgehead atoms. The van der Waals surface area contributed by atoms with Gasteiger partial charge in [-0.25, -0.2) is 13.8 Å². The number of H-pyrrole nitrogens is 1. The second-order valence-electron chi connectivity index (χ2n) is 8.83. The second-order valence-corrected chi connectivity index (χ2v) is 8.83. The zero-order valence-corrected chi connectivity index (χ0v) is 19.4. The van der Waals surface area contributed by atoms with E-state index in [1.165, 1.54) is 0 Å². The number of alkyl halides is 1. The number of ether oxygens (including phenoxy) is 1. The maximum absolute atomic E-state index is 15.5. The van der Waals surface area contributed by atoms with Crippen LogP contribution in [0.2, 0.25) is 0 Å². The molecule has 2 aliphatic heterocycles. The van der Waals surface area contributed by atoms with Gasteiger partial charge in [-0.15, -0.1) is 0 Å². The van der Waals surface area contributed by atoms with Gasteiger partial charge >= 0.3 is 0 Å². The van der Waals surface area contributed by atoms with Crippen molar-refractivity contribution in [3.63, 3.8) is 0 Å². The van der Waals surface area contributed by atoms with Gasteiger partial charge < -0.3 is 19.9 Å². The largest absolute Gasteiger partial charge is 0.478 e. The standard InChI is InChI=1S/C22H32F2N6O2/c1-7-32-15(3)25-12-17(23)14(2)26-19-16-13-30(21(4,5)18(16)27-28-19)20(31)22(24)8-10-29(6)11-9-22/h12H,3,7-11,13H2,1-2,4-6H3,(H2,26,27,28)/b17-14-,25-12-. The Balaban J connectivity index is 1.78. The van der Waals surface area contributed by atoms with Crippen LogP contribution < -0.4 is 5.32 Å². The summed E-state index contributed by atoms with van der Waals surface area (Å²) >= 11 is 0. The lowest BCUT2D eigenvalue weighted by Gasteiger charge is -2.40. The number of halogens is 2. The van der Waals surface area contributed by atoms with E-state index in [-0.39, 0.29) is 31.0 Å². The van der Waals surface area contributed by atoms with Crippen molar-refractivity contribution in [3.8, 4) is 0 Å².